The van der Waals surface area contributed by atoms with Crippen molar-refractivity contribution in [2.24, 2.45) is 0 Å². The second-order valence-electron chi connectivity index (χ2n) is 6.17. The average molecular weight is 410 g/mol. The number of carbonyl (C=O) groups is 2. The molecule has 0 radical (unpaired) electrons. The molecule has 0 aliphatic rings. The van der Waals surface area contributed by atoms with E-state index in [9.17, 15) is 9.59 Å². The summed E-state index contributed by atoms with van der Waals surface area (Å²) in [4.78, 5) is 24.4. The molecule has 0 unspecified atom stereocenters. The van der Waals surface area contributed by atoms with Crippen LogP contribution in [0.15, 0.2) is 72.8 Å². The number of anilines is 3. The van der Waals surface area contributed by atoms with Crippen LogP contribution >= 0.6 is 11.6 Å². The fraction of sp³-hybridized carbons (Fsp3) is 0.0909. The maximum absolute atomic E-state index is 12.3. The molecule has 3 aromatic carbocycles. The Bertz CT molecular complexity index is 972. The number of rotatable bonds is 7. The Kier molecular flexibility index (Phi) is 6.71. The smallest absolute Gasteiger partial charge is 0.255 e. The van der Waals surface area contributed by atoms with Crippen molar-refractivity contribution < 1.29 is 14.3 Å². The molecule has 0 saturated carbocycles. The van der Waals surface area contributed by atoms with E-state index in [1.165, 1.54) is 0 Å². The van der Waals surface area contributed by atoms with Gasteiger partial charge >= 0.3 is 0 Å². The number of methoxy groups -OCH3 is 1. The molecule has 0 aromatic heterocycles. The molecular formula is C22H20ClN3O3. The minimum atomic E-state index is -0.220. The lowest BCUT2D eigenvalue weighted by Gasteiger charge is -2.09. The van der Waals surface area contributed by atoms with Crippen LogP contribution < -0.4 is 20.7 Å². The summed E-state index contributed by atoms with van der Waals surface area (Å²) in [7, 11) is 1.59. The maximum atomic E-state index is 12.3. The van der Waals surface area contributed by atoms with E-state index < -0.39 is 0 Å². The van der Waals surface area contributed by atoms with Crippen LogP contribution in [-0.4, -0.2) is 25.5 Å². The highest BCUT2D eigenvalue weighted by Gasteiger charge is 2.07. The topological polar surface area (TPSA) is 79.5 Å². The lowest BCUT2D eigenvalue weighted by molar-refractivity contribution is -0.114. The van der Waals surface area contributed by atoms with Gasteiger partial charge in [-0.15, -0.1) is 0 Å². The van der Waals surface area contributed by atoms with Crippen molar-refractivity contribution in [3.05, 3.63) is 83.4 Å². The third-order valence-corrected chi connectivity index (χ3v) is 4.33. The first-order valence-corrected chi connectivity index (χ1v) is 9.26. The van der Waals surface area contributed by atoms with E-state index in [0.29, 0.717) is 22.0 Å². The molecule has 29 heavy (non-hydrogen) atoms. The Hall–Kier alpha value is -3.51. The van der Waals surface area contributed by atoms with Crippen molar-refractivity contribution in [3.8, 4) is 5.75 Å². The maximum Gasteiger partial charge on any atom is 0.255 e. The number of benzene rings is 3. The lowest BCUT2D eigenvalue weighted by Crippen LogP contribution is -2.21. The molecule has 0 heterocycles. The fourth-order valence-corrected chi connectivity index (χ4v) is 2.66. The molecule has 3 aromatic rings. The molecule has 2 amide bonds. The third kappa shape index (κ3) is 5.99. The van der Waals surface area contributed by atoms with Gasteiger partial charge in [-0.2, -0.15) is 0 Å². The first-order chi connectivity index (χ1) is 14.0. The van der Waals surface area contributed by atoms with E-state index in [1.807, 2.05) is 0 Å². The van der Waals surface area contributed by atoms with E-state index in [1.54, 1.807) is 79.9 Å². The lowest BCUT2D eigenvalue weighted by atomic mass is 10.2. The van der Waals surface area contributed by atoms with Gasteiger partial charge < -0.3 is 20.7 Å². The zero-order chi connectivity index (χ0) is 20.6. The van der Waals surface area contributed by atoms with Gasteiger partial charge in [0.2, 0.25) is 5.91 Å². The predicted octanol–water partition coefficient (Wildman–Crippen LogP) is 4.65. The minimum Gasteiger partial charge on any atom is -0.497 e. The van der Waals surface area contributed by atoms with Crippen LogP contribution in [0.3, 0.4) is 0 Å². The van der Waals surface area contributed by atoms with Gasteiger partial charge in [0.1, 0.15) is 5.75 Å². The SMILES string of the molecule is COc1ccc(NC(=O)c2ccc(NCC(=O)Nc3ccc(Cl)cc3)cc2)cc1. The summed E-state index contributed by atoms with van der Waals surface area (Å²) in [5.41, 5.74) is 2.60. The molecule has 148 valence electrons. The molecule has 3 N–H and O–H groups in total. The predicted molar refractivity (Wildman–Crippen MR) is 116 cm³/mol. The minimum absolute atomic E-state index is 0.0972. The van der Waals surface area contributed by atoms with Gasteiger partial charge in [0.05, 0.1) is 13.7 Å². The van der Waals surface area contributed by atoms with Crippen molar-refractivity contribution in [1.29, 1.82) is 0 Å². The van der Waals surface area contributed by atoms with E-state index >= 15 is 0 Å². The fourth-order valence-electron chi connectivity index (χ4n) is 2.54. The first-order valence-electron chi connectivity index (χ1n) is 8.88. The Morgan fingerprint density at radius 2 is 1.34 bits per heavy atom. The van der Waals surface area contributed by atoms with Gasteiger partial charge in [-0.05, 0) is 72.8 Å². The van der Waals surface area contributed by atoms with Crippen LogP contribution in [0, 0.1) is 0 Å². The standard InChI is InChI=1S/C22H20ClN3O3/c1-29-20-12-10-19(11-13-20)26-22(28)15-2-6-17(7-3-15)24-14-21(27)25-18-8-4-16(23)5-9-18/h2-13,24H,14H2,1H3,(H,25,27)(H,26,28). The highest BCUT2D eigenvalue weighted by Crippen LogP contribution is 2.17. The number of nitrogens with one attached hydrogen (secondary N) is 3. The van der Waals surface area contributed by atoms with Crippen LogP contribution in [0.1, 0.15) is 10.4 Å². The monoisotopic (exact) mass is 409 g/mol. The molecule has 0 atom stereocenters. The van der Waals surface area contributed by atoms with Gasteiger partial charge in [0.15, 0.2) is 0 Å². The summed E-state index contributed by atoms with van der Waals surface area (Å²) in [6, 6.07) is 20.9. The van der Waals surface area contributed by atoms with E-state index in [2.05, 4.69) is 16.0 Å². The van der Waals surface area contributed by atoms with Gasteiger partial charge in [-0.1, -0.05) is 11.6 Å². The van der Waals surface area contributed by atoms with Gasteiger partial charge in [-0.3, -0.25) is 9.59 Å². The number of hydrogen-bond donors (Lipinski definition) is 3. The van der Waals surface area contributed by atoms with Crippen molar-refractivity contribution >= 4 is 40.5 Å². The molecule has 0 saturated heterocycles. The first kappa shape index (κ1) is 20.2. The quantitative estimate of drug-likeness (QED) is 0.530. The molecule has 0 bridgehead atoms. The summed E-state index contributed by atoms with van der Waals surface area (Å²) in [6.45, 7) is 0.0972. The molecule has 0 aliphatic heterocycles. The molecule has 0 spiro atoms. The Labute approximate surface area is 173 Å². The summed E-state index contributed by atoms with van der Waals surface area (Å²) < 4.78 is 5.10. The molecule has 0 fully saturated rings. The largest absolute Gasteiger partial charge is 0.497 e. The van der Waals surface area contributed by atoms with Crippen LogP contribution in [0.25, 0.3) is 0 Å². The zero-order valence-corrected chi connectivity index (χ0v) is 16.5. The summed E-state index contributed by atoms with van der Waals surface area (Å²) >= 11 is 5.82. The van der Waals surface area contributed by atoms with Gasteiger partial charge in [0, 0.05) is 27.6 Å². The average Bonchev–Trinajstić information content (AvgIpc) is 2.75. The molecule has 7 heteroatoms. The number of hydrogen-bond acceptors (Lipinski definition) is 4. The Balaban J connectivity index is 1.50. The van der Waals surface area contributed by atoms with Crippen LogP contribution in [0.4, 0.5) is 17.1 Å². The highest BCUT2D eigenvalue weighted by atomic mass is 35.5. The highest BCUT2D eigenvalue weighted by molar-refractivity contribution is 6.30. The normalized spacial score (nSPS) is 10.1. The number of amides is 2. The molecular weight excluding hydrogens is 390 g/mol. The zero-order valence-electron chi connectivity index (χ0n) is 15.7. The van der Waals surface area contributed by atoms with E-state index in [-0.39, 0.29) is 18.4 Å². The number of halogens is 1. The van der Waals surface area contributed by atoms with Gasteiger partial charge in [0.25, 0.3) is 5.91 Å². The van der Waals surface area contributed by atoms with Crippen LogP contribution in [0.5, 0.6) is 5.75 Å². The number of ether oxygens (including phenoxy) is 1. The molecule has 0 aliphatic carbocycles. The third-order valence-electron chi connectivity index (χ3n) is 4.08. The molecule has 3 rings (SSSR count). The summed E-state index contributed by atoms with van der Waals surface area (Å²) in [5, 5.41) is 9.22. The number of carbonyl (C=O) groups excluding carboxylic acids is 2. The Morgan fingerprint density at radius 3 is 1.97 bits per heavy atom. The van der Waals surface area contributed by atoms with Crippen molar-refractivity contribution in [1.82, 2.24) is 0 Å². The molecule has 6 nitrogen and oxygen atoms in total. The summed E-state index contributed by atoms with van der Waals surface area (Å²) in [6.07, 6.45) is 0. The van der Waals surface area contributed by atoms with Crippen LogP contribution in [0.2, 0.25) is 5.02 Å². The van der Waals surface area contributed by atoms with Crippen LogP contribution in [-0.2, 0) is 4.79 Å². The van der Waals surface area contributed by atoms with Crippen molar-refractivity contribution in [2.75, 3.05) is 29.6 Å². The second-order valence-corrected chi connectivity index (χ2v) is 6.61. The van der Waals surface area contributed by atoms with Crippen molar-refractivity contribution in [2.45, 2.75) is 0 Å². The Morgan fingerprint density at radius 1 is 0.793 bits per heavy atom. The van der Waals surface area contributed by atoms with E-state index in [4.69, 9.17) is 16.3 Å². The second kappa shape index (κ2) is 9.61. The van der Waals surface area contributed by atoms with Crippen molar-refractivity contribution in [3.63, 3.8) is 0 Å². The van der Waals surface area contributed by atoms with E-state index in [0.717, 1.165) is 11.4 Å². The van der Waals surface area contributed by atoms with Gasteiger partial charge in [-0.25, -0.2) is 0 Å². The summed E-state index contributed by atoms with van der Waals surface area (Å²) in [5.74, 6) is 0.314.